The molecule has 1 fully saturated rings. The Balaban J connectivity index is 1.26. The zero-order valence-corrected chi connectivity index (χ0v) is 24.9. The fourth-order valence-corrected chi connectivity index (χ4v) is 6.95. The van der Waals surface area contributed by atoms with Gasteiger partial charge < -0.3 is 47.3 Å². The van der Waals surface area contributed by atoms with Crippen LogP contribution in [0, 0.1) is 0 Å². The number of guanidine groups is 2. The predicted molar refractivity (Wildman–Crippen MR) is 160 cm³/mol. The number of carbonyl (C=O) groups excluding carboxylic acids is 2. The van der Waals surface area contributed by atoms with Crippen molar-refractivity contribution in [1.29, 1.82) is 0 Å². The number of nitrogens with two attached hydrogens (primary N) is 2. The largest absolute Gasteiger partial charge is 0.492 e. The molecule has 2 amide bonds. The van der Waals surface area contributed by atoms with Gasteiger partial charge in [-0.25, -0.2) is 9.98 Å². The van der Waals surface area contributed by atoms with Crippen LogP contribution in [0.25, 0.3) is 0 Å². The fraction of sp³-hybridized carbons (Fsp3) is 0.429. The molecule has 1 saturated heterocycles. The smallest absolute Gasteiger partial charge is 0.255 e. The van der Waals surface area contributed by atoms with Gasteiger partial charge in [0.05, 0.1) is 18.2 Å². The van der Waals surface area contributed by atoms with Crippen molar-refractivity contribution in [1.82, 2.24) is 20.9 Å². The summed E-state index contributed by atoms with van der Waals surface area (Å²) in [6.07, 6.45) is 0.795. The Morgan fingerprint density at radius 3 is 2.58 bits per heavy atom. The third-order valence-electron chi connectivity index (χ3n) is 8.67. The third kappa shape index (κ3) is 4.62. The predicted octanol–water partition coefficient (Wildman–Crippen LogP) is 0.258. The van der Waals surface area contributed by atoms with E-state index in [1.54, 1.807) is 12.1 Å². The van der Waals surface area contributed by atoms with Gasteiger partial charge in [0.25, 0.3) is 11.8 Å². The van der Waals surface area contributed by atoms with Crippen LogP contribution in [-0.2, 0) is 5.41 Å². The molecule has 15 heteroatoms. The topological polar surface area (TPSA) is 200 Å². The van der Waals surface area contributed by atoms with E-state index in [-0.39, 0.29) is 41.6 Å². The Kier molecular flexibility index (Phi) is 6.92. The molecule has 0 unspecified atom stereocenters. The van der Waals surface area contributed by atoms with E-state index < -0.39 is 41.4 Å². The lowest BCUT2D eigenvalue weighted by atomic mass is 9.79. The van der Waals surface area contributed by atoms with Gasteiger partial charge in [-0.05, 0) is 36.1 Å². The second-order valence-corrected chi connectivity index (χ2v) is 12.7. The quantitative estimate of drug-likeness (QED) is 0.226. The summed E-state index contributed by atoms with van der Waals surface area (Å²) in [6.45, 7) is 4.41. The molecule has 4 atom stereocenters. The summed E-state index contributed by atoms with van der Waals surface area (Å²) in [5.74, 6) is -3.34. The molecular formula is C28H32Cl2N8O5. The summed E-state index contributed by atoms with van der Waals surface area (Å²) in [7, 11) is 0. The number of ether oxygens (including phenoxy) is 1. The van der Waals surface area contributed by atoms with Crippen molar-refractivity contribution in [2.24, 2.45) is 21.5 Å². The maximum atomic E-state index is 13.6. The first-order chi connectivity index (χ1) is 20.2. The van der Waals surface area contributed by atoms with Crippen LogP contribution >= 0.6 is 23.2 Å². The highest BCUT2D eigenvalue weighted by Gasteiger charge is 2.73. The number of halogens is 2. The number of rotatable bonds is 5. The highest BCUT2D eigenvalue weighted by molar-refractivity contribution is 6.35. The number of para-hydroxylation sites is 1. The average molecular weight is 632 g/mol. The summed E-state index contributed by atoms with van der Waals surface area (Å²) in [6, 6.07) is 6.65. The second-order valence-electron chi connectivity index (χ2n) is 11.8. The van der Waals surface area contributed by atoms with Gasteiger partial charge in [-0.2, -0.15) is 0 Å². The second kappa shape index (κ2) is 10.2. The first-order valence-electron chi connectivity index (χ1n) is 13.7. The van der Waals surface area contributed by atoms with Crippen molar-refractivity contribution in [3.05, 3.63) is 63.1 Å². The van der Waals surface area contributed by atoms with Gasteiger partial charge >= 0.3 is 0 Å². The highest BCUT2D eigenvalue weighted by Crippen LogP contribution is 2.45. The molecule has 2 aromatic rings. The Hall–Kier alpha value is -3.78. The Bertz CT molecular complexity index is 1560. The summed E-state index contributed by atoms with van der Waals surface area (Å²) in [5.41, 5.74) is 11.8. The molecule has 0 bridgehead atoms. The monoisotopic (exact) mass is 630 g/mol. The van der Waals surface area contributed by atoms with Crippen LogP contribution in [0.3, 0.4) is 0 Å². The maximum absolute atomic E-state index is 13.6. The summed E-state index contributed by atoms with van der Waals surface area (Å²) in [5, 5.41) is 32.5. The van der Waals surface area contributed by atoms with Crippen molar-refractivity contribution < 1.29 is 24.5 Å². The summed E-state index contributed by atoms with van der Waals surface area (Å²) < 4.78 is 5.90. The molecule has 4 aliphatic rings. The van der Waals surface area contributed by atoms with Gasteiger partial charge in [-0.15, -0.1) is 0 Å². The number of aliphatic hydroxyl groups is 2. The minimum Gasteiger partial charge on any atom is -0.492 e. The first kappa shape index (κ1) is 29.3. The first-order valence-corrected chi connectivity index (χ1v) is 14.5. The molecule has 9 N–H and O–H groups in total. The van der Waals surface area contributed by atoms with Gasteiger partial charge in [-0.1, -0.05) is 49.2 Å². The van der Waals surface area contributed by atoms with Crippen LogP contribution < -0.4 is 32.2 Å². The Labute approximate surface area is 257 Å². The highest BCUT2D eigenvalue weighted by atomic mass is 35.5. The van der Waals surface area contributed by atoms with Crippen LogP contribution in [0.15, 0.2) is 46.4 Å². The van der Waals surface area contributed by atoms with E-state index in [2.05, 4.69) is 39.8 Å². The number of aliphatic imine (C=N–C) groups is 2. The zero-order chi connectivity index (χ0) is 30.9. The molecule has 0 aromatic heterocycles. The Morgan fingerprint density at radius 1 is 1.14 bits per heavy atom. The van der Waals surface area contributed by atoms with Gasteiger partial charge in [0, 0.05) is 34.3 Å². The van der Waals surface area contributed by atoms with Crippen LogP contribution in [-0.4, -0.2) is 88.1 Å². The number of nitrogens with one attached hydrogen (secondary N) is 3. The van der Waals surface area contributed by atoms with E-state index in [1.165, 1.54) is 23.1 Å². The van der Waals surface area contributed by atoms with Gasteiger partial charge in [0.15, 0.2) is 17.6 Å². The van der Waals surface area contributed by atoms with E-state index in [9.17, 15) is 19.8 Å². The van der Waals surface area contributed by atoms with E-state index >= 15 is 0 Å². The molecule has 0 saturated carbocycles. The van der Waals surface area contributed by atoms with E-state index in [0.717, 1.165) is 12.0 Å². The van der Waals surface area contributed by atoms with E-state index in [0.29, 0.717) is 22.4 Å². The number of benzene rings is 2. The van der Waals surface area contributed by atoms with Gasteiger partial charge in [0.2, 0.25) is 5.79 Å². The lowest BCUT2D eigenvalue weighted by molar-refractivity contribution is -0.230. The molecular weight excluding hydrogens is 599 g/mol. The van der Waals surface area contributed by atoms with Crippen molar-refractivity contribution in [3.8, 4) is 5.75 Å². The molecule has 0 radical (unpaired) electrons. The average Bonchev–Trinajstić information content (AvgIpc) is 3.40. The number of carbonyl (C=O) groups is 2. The molecule has 2 aromatic carbocycles. The summed E-state index contributed by atoms with van der Waals surface area (Å²) >= 11 is 12.1. The molecule has 1 spiro atoms. The molecule has 4 heterocycles. The molecule has 228 valence electrons. The van der Waals surface area contributed by atoms with Crippen LogP contribution in [0.1, 0.15) is 46.5 Å². The SMILES string of the molecule is CC1(C)CCOc2c(C(=O)N[C@H]3CN4C(N)=N[C@@H](CNC(=O)c5cc(Cl)cc(Cl)c5)[C@@H]5N=C(N)N[C@@]54C3(O)O)cccc21. The van der Waals surface area contributed by atoms with Crippen molar-refractivity contribution in [2.75, 3.05) is 19.7 Å². The van der Waals surface area contributed by atoms with Crippen molar-refractivity contribution in [2.45, 2.75) is 55.3 Å². The lowest BCUT2D eigenvalue weighted by Crippen LogP contribution is -2.78. The molecule has 43 heavy (non-hydrogen) atoms. The van der Waals surface area contributed by atoms with Crippen LogP contribution in [0.4, 0.5) is 0 Å². The minimum atomic E-state index is -2.64. The minimum absolute atomic E-state index is 0.0508. The standard InChI is InChI=1S/C28H32Cl2N8O5/c1-26(2)6-7-43-20-16(4-3-5-17(20)26)23(40)35-19-12-38-25(32)34-18(21-27(38,28(19,41)42)37-24(31)36-21)11-33-22(39)13-8-14(29)10-15(30)9-13/h3-5,8-10,18-19,21,41-42H,6-7,11-12H2,1-2H3,(H2,32,34)(H,33,39)(H,35,40)(H3,31,36,37)/t18-,19-,21-,27-/m0/s1. The summed E-state index contributed by atoms with van der Waals surface area (Å²) in [4.78, 5) is 36.8. The fourth-order valence-electron chi connectivity index (χ4n) is 6.42. The zero-order valence-electron chi connectivity index (χ0n) is 23.4. The van der Waals surface area contributed by atoms with Crippen LogP contribution in [0.2, 0.25) is 10.0 Å². The number of fused-ring (bicyclic) bond motifs is 1. The number of hydrogen-bond donors (Lipinski definition) is 7. The number of hydrogen-bond acceptors (Lipinski definition) is 11. The maximum Gasteiger partial charge on any atom is 0.255 e. The number of amides is 2. The third-order valence-corrected chi connectivity index (χ3v) is 9.10. The van der Waals surface area contributed by atoms with E-state index in [1.807, 2.05) is 6.07 Å². The Morgan fingerprint density at radius 2 is 1.86 bits per heavy atom. The number of nitrogens with zero attached hydrogens (tertiary/aromatic N) is 3. The molecule has 13 nitrogen and oxygen atoms in total. The van der Waals surface area contributed by atoms with E-state index in [4.69, 9.17) is 39.4 Å². The molecule has 4 aliphatic heterocycles. The van der Waals surface area contributed by atoms with Crippen molar-refractivity contribution >= 4 is 46.9 Å². The molecule has 6 rings (SSSR count). The van der Waals surface area contributed by atoms with Crippen LogP contribution in [0.5, 0.6) is 5.75 Å². The van der Waals surface area contributed by atoms with Crippen molar-refractivity contribution in [3.63, 3.8) is 0 Å². The van der Waals surface area contributed by atoms with Gasteiger partial charge in [-0.3, -0.25) is 9.59 Å². The molecule has 0 aliphatic carbocycles. The van der Waals surface area contributed by atoms with Gasteiger partial charge in [0.1, 0.15) is 17.8 Å². The lowest BCUT2D eigenvalue weighted by Gasteiger charge is -2.49. The normalized spacial score (nSPS) is 27.9.